The van der Waals surface area contributed by atoms with E-state index < -0.39 is 44.8 Å². The predicted molar refractivity (Wildman–Crippen MR) is 114 cm³/mol. The lowest BCUT2D eigenvalue weighted by atomic mass is 10.1. The van der Waals surface area contributed by atoms with Crippen molar-refractivity contribution in [2.75, 3.05) is 16.2 Å². The molecular weight excluding hydrogens is 463 g/mol. The van der Waals surface area contributed by atoms with E-state index in [2.05, 4.69) is 5.32 Å². The van der Waals surface area contributed by atoms with E-state index in [0.29, 0.717) is 4.31 Å². The average molecular weight is 479 g/mol. The number of alkyl halides is 3. The Kier molecular flexibility index (Phi) is 6.68. The third kappa shape index (κ3) is 5.47. The van der Waals surface area contributed by atoms with Crippen molar-refractivity contribution in [3.05, 3.63) is 94.5 Å². The molecule has 0 atom stereocenters. The molecule has 0 aliphatic rings. The predicted octanol–water partition coefficient (Wildman–Crippen LogP) is 4.45. The van der Waals surface area contributed by atoms with Gasteiger partial charge < -0.3 is 5.32 Å². The summed E-state index contributed by atoms with van der Waals surface area (Å²) in [6, 6.07) is 15.7. The van der Waals surface area contributed by atoms with Crippen LogP contribution in [-0.2, 0) is 21.0 Å². The summed E-state index contributed by atoms with van der Waals surface area (Å²) in [7, 11) is -4.33. The summed E-state index contributed by atoms with van der Waals surface area (Å²) in [4.78, 5) is 22.7. The fourth-order valence-electron chi connectivity index (χ4n) is 2.93. The van der Waals surface area contributed by atoms with E-state index in [4.69, 9.17) is 0 Å². The Morgan fingerprint density at radius 3 is 2.09 bits per heavy atom. The number of anilines is 2. The summed E-state index contributed by atoms with van der Waals surface area (Å²) in [5.74, 6) is -1.04. The Bertz CT molecular complexity index is 1260. The number of hydrogen-bond donors (Lipinski definition) is 1. The van der Waals surface area contributed by atoms with Crippen LogP contribution in [0.2, 0.25) is 0 Å². The maximum Gasteiger partial charge on any atom is 0.418 e. The minimum absolute atomic E-state index is 0.0799. The number of para-hydroxylation sites is 1. The van der Waals surface area contributed by atoms with Gasteiger partial charge in [-0.2, -0.15) is 13.2 Å². The molecular formula is C21H16F3N3O5S. The van der Waals surface area contributed by atoms with Crippen molar-refractivity contribution in [2.45, 2.75) is 11.1 Å². The lowest BCUT2D eigenvalue weighted by molar-refractivity contribution is -0.384. The first-order valence-corrected chi connectivity index (χ1v) is 10.7. The van der Waals surface area contributed by atoms with Gasteiger partial charge in [-0.3, -0.25) is 19.2 Å². The molecule has 0 fully saturated rings. The summed E-state index contributed by atoms with van der Waals surface area (Å²) in [6.45, 7) is -0.874. The van der Waals surface area contributed by atoms with Crippen molar-refractivity contribution >= 4 is 33.0 Å². The minimum atomic E-state index is -4.74. The van der Waals surface area contributed by atoms with Crippen LogP contribution in [0.3, 0.4) is 0 Å². The molecule has 8 nitrogen and oxygen atoms in total. The molecule has 0 saturated carbocycles. The molecule has 0 radical (unpaired) electrons. The number of nitro groups is 1. The molecule has 3 aromatic carbocycles. The Morgan fingerprint density at radius 2 is 1.52 bits per heavy atom. The quantitative estimate of drug-likeness (QED) is 0.398. The first-order chi connectivity index (χ1) is 15.5. The van der Waals surface area contributed by atoms with Gasteiger partial charge in [-0.1, -0.05) is 30.3 Å². The molecule has 12 heteroatoms. The lowest BCUT2D eigenvalue weighted by Crippen LogP contribution is -2.38. The molecule has 0 heterocycles. The number of carbonyl (C=O) groups excluding carboxylic acids is 1. The molecule has 1 N–H and O–H groups in total. The van der Waals surface area contributed by atoms with E-state index >= 15 is 0 Å². The van der Waals surface area contributed by atoms with Gasteiger partial charge in [0.1, 0.15) is 6.54 Å². The second kappa shape index (κ2) is 9.28. The molecule has 0 spiro atoms. The van der Waals surface area contributed by atoms with E-state index in [1.54, 1.807) is 6.07 Å². The number of non-ortho nitro benzene ring substituents is 1. The van der Waals surface area contributed by atoms with Crippen molar-refractivity contribution in [3.8, 4) is 0 Å². The molecule has 0 aromatic heterocycles. The van der Waals surface area contributed by atoms with Crippen molar-refractivity contribution in [3.63, 3.8) is 0 Å². The third-order valence-corrected chi connectivity index (χ3v) is 6.26. The number of sulfonamides is 1. The van der Waals surface area contributed by atoms with Gasteiger partial charge in [-0.15, -0.1) is 0 Å². The van der Waals surface area contributed by atoms with Gasteiger partial charge in [0.2, 0.25) is 5.91 Å². The Hall–Kier alpha value is -3.93. The smallest absolute Gasteiger partial charge is 0.324 e. The number of hydrogen-bond acceptors (Lipinski definition) is 5. The fraction of sp³-hybridized carbons (Fsp3) is 0.0952. The second-order valence-electron chi connectivity index (χ2n) is 6.69. The first-order valence-electron chi connectivity index (χ1n) is 9.28. The van der Waals surface area contributed by atoms with Crippen LogP contribution in [0.15, 0.2) is 83.8 Å². The van der Waals surface area contributed by atoms with Gasteiger partial charge in [0.15, 0.2) is 0 Å². The molecule has 3 aromatic rings. The van der Waals surface area contributed by atoms with Crippen LogP contribution in [-0.4, -0.2) is 25.8 Å². The van der Waals surface area contributed by atoms with Gasteiger partial charge in [0.05, 0.1) is 26.8 Å². The third-order valence-electron chi connectivity index (χ3n) is 4.47. The molecule has 3 rings (SSSR count). The Labute approximate surface area is 186 Å². The van der Waals surface area contributed by atoms with Crippen LogP contribution in [0.4, 0.5) is 30.2 Å². The van der Waals surface area contributed by atoms with Crippen LogP contribution in [0.1, 0.15) is 5.56 Å². The van der Waals surface area contributed by atoms with Gasteiger partial charge in [-0.05, 0) is 36.4 Å². The summed E-state index contributed by atoms with van der Waals surface area (Å²) in [6.07, 6.45) is -4.74. The lowest BCUT2D eigenvalue weighted by Gasteiger charge is -2.24. The van der Waals surface area contributed by atoms with Crippen LogP contribution in [0, 0.1) is 10.1 Å². The molecule has 172 valence electrons. The highest BCUT2D eigenvalue weighted by molar-refractivity contribution is 7.92. The zero-order valence-corrected chi connectivity index (χ0v) is 17.5. The van der Waals surface area contributed by atoms with Crippen molar-refractivity contribution in [1.82, 2.24) is 0 Å². The highest BCUT2D eigenvalue weighted by atomic mass is 32.2. The van der Waals surface area contributed by atoms with Gasteiger partial charge in [0, 0.05) is 12.1 Å². The highest BCUT2D eigenvalue weighted by Gasteiger charge is 2.34. The van der Waals surface area contributed by atoms with Crippen molar-refractivity contribution in [1.29, 1.82) is 0 Å². The molecule has 0 saturated heterocycles. The summed E-state index contributed by atoms with van der Waals surface area (Å²) < 4.78 is 66.7. The number of benzene rings is 3. The minimum Gasteiger partial charge on any atom is -0.324 e. The normalized spacial score (nSPS) is 11.6. The van der Waals surface area contributed by atoms with E-state index in [-0.39, 0.29) is 16.3 Å². The zero-order chi connectivity index (χ0) is 24.2. The molecule has 33 heavy (non-hydrogen) atoms. The van der Waals surface area contributed by atoms with E-state index in [9.17, 15) is 36.5 Å². The van der Waals surface area contributed by atoms with Gasteiger partial charge in [-0.25, -0.2) is 8.42 Å². The van der Waals surface area contributed by atoms with Crippen LogP contribution in [0.25, 0.3) is 0 Å². The van der Waals surface area contributed by atoms with E-state index in [0.717, 1.165) is 42.5 Å². The summed E-state index contributed by atoms with van der Waals surface area (Å²) >= 11 is 0. The maximum absolute atomic E-state index is 13.2. The number of rotatable bonds is 7. The average Bonchev–Trinajstić information content (AvgIpc) is 2.77. The number of nitro benzene ring substituents is 1. The standard InChI is InChI=1S/C21H16F3N3O5S/c22-21(23,24)18-8-4-5-9-19(18)25-20(28)14-26(15-10-12-16(13-11-15)27(29)30)33(31,32)17-6-2-1-3-7-17/h1-13H,14H2,(H,25,28). The van der Waals surface area contributed by atoms with Crippen LogP contribution < -0.4 is 9.62 Å². The molecule has 1 amide bonds. The number of halogens is 3. The van der Waals surface area contributed by atoms with E-state index in [1.807, 2.05) is 0 Å². The summed E-state index contributed by atoms with van der Waals surface area (Å²) in [5.41, 5.74) is -2.01. The monoisotopic (exact) mass is 479 g/mol. The van der Waals surface area contributed by atoms with Crippen LogP contribution >= 0.6 is 0 Å². The Balaban J connectivity index is 1.97. The largest absolute Gasteiger partial charge is 0.418 e. The first kappa shape index (κ1) is 23.7. The van der Waals surface area contributed by atoms with Gasteiger partial charge >= 0.3 is 6.18 Å². The molecule has 0 aliphatic carbocycles. The van der Waals surface area contributed by atoms with Gasteiger partial charge in [0.25, 0.3) is 15.7 Å². The van der Waals surface area contributed by atoms with Crippen LogP contribution in [0.5, 0.6) is 0 Å². The topological polar surface area (TPSA) is 110 Å². The Morgan fingerprint density at radius 1 is 0.939 bits per heavy atom. The highest BCUT2D eigenvalue weighted by Crippen LogP contribution is 2.34. The second-order valence-corrected chi connectivity index (χ2v) is 8.55. The van der Waals surface area contributed by atoms with Crippen molar-refractivity contribution in [2.24, 2.45) is 0 Å². The molecule has 0 unspecified atom stereocenters. The number of carbonyl (C=O) groups is 1. The number of nitrogens with zero attached hydrogens (tertiary/aromatic N) is 2. The fourth-order valence-corrected chi connectivity index (χ4v) is 4.38. The number of amides is 1. The molecule has 0 aliphatic heterocycles. The molecule has 0 bridgehead atoms. The maximum atomic E-state index is 13.2. The SMILES string of the molecule is O=C(CN(c1ccc([N+](=O)[O-])cc1)S(=O)(=O)c1ccccc1)Nc1ccccc1C(F)(F)F. The van der Waals surface area contributed by atoms with Crippen molar-refractivity contribution < 1.29 is 31.3 Å². The summed E-state index contributed by atoms with van der Waals surface area (Å²) in [5, 5.41) is 13.0. The van der Waals surface area contributed by atoms with E-state index in [1.165, 1.54) is 30.3 Å². The zero-order valence-electron chi connectivity index (χ0n) is 16.7. The number of nitrogens with one attached hydrogen (secondary N) is 1.